The fourth-order valence-electron chi connectivity index (χ4n) is 3.33. The summed E-state index contributed by atoms with van der Waals surface area (Å²) in [5, 5.41) is 3.37. The highest BCUT2D eigenvalue weighted by Gasteiger charge is 2.24. The number of halogens is 1. The first-order valence-corrected chi connectivity index (χ1v) is 9.21. The summed E-state index contributed by atoms with van der Waals surface area (Å²) in [5.41, 5.74) is 0.632. The second-order valence-electron chi connectivity index (χ2n) is 6.65. The minimum absolute atomic E-state index is 0.0797. The van der Waals surface area contributed by atoms with Crippen molar-refractivity contribution in [3.05, 3.63) is 41.4 Å². The summed E-state index contributed by atoms with van der Waals surface area (Å²) in [6.07, 6.45) is 7.12. The quantitative estimate of drug-likeness (QED) is 0.820. The molecule has 0 saturated carbocycles. The zero-order chi connectivity index (χ0) is 17.6. The molecule has 6 heteroatoms. The van der Waals surface area contributed by atoms with E-state index in [9.17, 15) is 9.59 Å². The maximum atomic E-state index is 12.3. The highest BCUT2D eigenvalue weighted by Crippen LogP contribution is 2.22. The van der Waals surface area contributed by atoms with Crippen molar-refractivity contribution in [3.63, 3.8) is 0 Å². The molecule has 1 aromatic rings. The van der Waals surface area contributed by atoms with E-state index in [1.807, 2.05) is 17.0 Å². The number of rotatable bonds is 5. The standard InChI is InChI=1S/C19H24ClN3O2/c20-16-7-3-4-8-17(16)21-18(24)14-22-9-11-23(12-10-22)19(25)13-15-5-1-2-6-15/h1,3-5,7-8,15H,2,6,9-14H2,(H,21,24). The van der Waals surface area contributed by atoms with Gasteiger partial charge in [0.15, 0.2) is 0 Å². The molecule has 1 N–H and O–H groups in total. The molecule has 2 aliphatic rings. The van der Waals surface area contributed by atoms with E-state index in [2.05, 4.69) is 22.4 Å². The SMILES string of the molecule is O=C(CN1CCN(C(=O)CC2C=CCC2)CC1)Nc1ccccc1Cl. The van der Waals surface area contributed by atoms with Gasteiger partial charge in [0.05, 0.1) is 17.3 Å². The highest BCUT2D eigenvalue weighted by atomic mass is 35.5. The van der Waals surface area contributed by atoms with E-state index in [0.29, 0.717) is 42.7 Å². The van der Waals surface area contributed by atoms with Crippen LogP contribution in [0.15, 0.2) is 36.4 Å². The molecule has 0 bridgehead atoms. The molecule has 1 fully saturated rings. The fourth-order valence-corrected chi connectivity index (χ4v) is 3.51. The number of hydrogen-bond donors (Lipinski definition) is 1. The number of carbonyl (C=O) groups excluding carboxylic acids is 2. The molecule has 0 radical (unpaired) electrons. The van der Waals surface area contributed by atoms with Gasteiger partial charge in [0.25, 0.3) is 0 Å². The predicted octanol–water partition coefficient (Wildman–Crippen LogP) is 2.78. The predicted molar refractivity (Wildman–Crippen MR) is 99.6 cm³/mol. The van der Waals surface area contributed by atoms with Gasteiger partial charge in [0, 0.05) is 32.6 Å². The van der Waals surface area contributed by atoms with Gasteiger partial charge in [-0.25, -0.2) is 0 Å². The Morgan fingerprint density at radius 1 is 1.16 bits per heavy atom. The Morgan fingerprint density at radius 2 is 1.92 bits per heavy atom. The maximum Gasteiger partial charge on any atom is 0.238 e. The summed E-state index contributed by atoms with van der Waals surface area (Å²) < 4.78 is 0. The number of benzene rings is 1. The fraction of sp³-hybridized carbons (Fsp3) is 0.474. The molecular weight excluding hydrogens is 338 g/mol. The van der Waals surface area contributed by atoms with E-state index < -0.39 is 0 Å². The summed E-state index contributed by atoms with van der Waals surface area (Å²) >= 11 is 6.06. The number of para-hydroxylation sites is 1. The molecule has 1 unspecified atom stereocenters. The third-order valence-corrected chi connectivity index (χ3v) is 5.12. The van der Waals surface area contributed by atoms with Crippen molar-refractivity contribution in [3.8, 4) is 0 Å². The average molecular weight is 362 g/mol. The molecule has 1 aromatic carbocycles. The van der Waals surface area contributed by atoms with Gasteiger partial charge in [0.1, 0.15) is 0 Å². The minimum atomic E-state index is -0.0797. The molecule has 1 aliphatic carbocycles. The topological polar surface area (TPSA) is 52.7 Å². The average Bonchev–Trinajstić information content (AvgIpc) is 3.10. The molecule has 25 heavy (non-hydrogen) atoms. The molecule has 134 valence electrons. The monoisotopic (exact) mass is 361 g/mol. The molecule has 1 atom stereocenters. The van der Waals surface area contributed by atoms with Crippen molar-refractivity contribution in [1.29, 1.82) is 0 Å². The lowest BCUT2D eigenvalue weighted by atomic mass is 10.0. The Hall–Kier alpha value is -1.85. The molecule has 0 spiro atoms. The van der Waals surface area contributed by atoms with Gasteiger partial charge in [-0.2, -0.15) is 0 Å². The van der Waals surface area contributed by atoms with Crippen LogP contribution >= 0.6 is 11.6 Å². The number of hydrogen-bond acceptors (Lipinski definition) is 3. The summed E-state index contributed by atoms with van der Waals surface area (Å²) in [7, 11) is 0. The lowest BCUT2D eigenvalue weighted by molar-refractivity contribution is -0.133. The summed E-state index contributed by atoms with van der Waals surface area (Å²) in [4.78, 5) is 28.5. The smallest absolute Gasteiger partial charge is 0.238 e. The van der Waals surface area contributed by atoms with Gasteiger partial charge in [-0.15, -0.1) is 0 Å². The summed E-state index contributed by atoms with van der Waals surface area (Å²) in [6, 6.07) is 7.20. The molecule has 1 saturated heterocycles. The zero-order valence-corrected chi connectivity index (χ0v) is 15.0. The van der Waals surface area contributed by atoms with E-state index in [-0.39, 0.29) is 11.8 Å². The van der Waals surface area contributed by atoms with Crippen LogP contribution in [0.2, 0.25) is 5.02 Å². The molecule has 1 heterocycles. The maximum absolute atomic E-state index is 12.3. The Labute approximate surface area is 153 Å². The molecule has 2 amide bonds. The number of carbonyl (C=O) groups is 2. The van der Waals surface area contributed by atoms with E-state index >= 15 is 0 Å². The van der Waals surface area contributed by atoms with Gasteiger partial charge in [-0.1, -0.05) is 35.9 Å². The zero-order valence-electron chi connectivity index (χ0n) is 14.3. The van der Waals surface area contributed by atoms with Gasteiger partial charge in [-0.05, 0) is 30.9 Å². The van der Waals surface area contributed by atoms with E-state index in [1.54, 1.807) is 12.1 Å². The Bertz CT molecular complexity index is 654. The normalized spacial score (nSPS) is 20.7. The van der Waals surface area contributed by atoms with Crippen molar-refractivity contribution >= 4 is 29.1 Å². The largest absolute Gasteiger partial charge is 0.340 e. The van der Waals surface area contributed by atoms with E-state index in [0.717, 1.165) is 25.9 Å². The third-order valence-electron chi connectivity index (χ3n) is 4.79. The second kappa shape index (κ2) is 8.50. The third kappa shape index (κ3) is 5.06. The van der Waals surface area contributed by atoms with E-state index in [4.69, 9.17) is 11.6 Å². The van der Waals surface area contributed by atoms with Crippen LogP contribution in [0, 0.1) is 5.92 Å². The first kappa shape index (κ1) is 18.0. The van der Waals surface area contributed by atoms with Gasteiger partial charge >= 0.3 is 0 Å². The van der Waals surface area contributed by atoms with Crippen LogP contribution in [0.5, 0.6) is 0 Å². The molecule has 3 rings (SSSR count). The Balaban J connectivity index is 1.41. The molecule has 0 aromatic heterocycles. The lowest BCUT2D eigenvalue weighted by Gasteiger charge is -2.34. The summed E-state index contributed by atoms with van der Waals surface area (Å²) in [6.45, 7) is 3.15. The van der Waals surface area contributed by atoms with Crippen molar-refractivity contribution in [2.24, 2.45) is 5.92 Å². The van der Waals surface area contributed by atoms with Crippen molar-refractivity contribution in [2.45, 2.75) is 19.3 Å². The highest BCUT2D eigenvalue weighted by molar-refractivity contribution is 6.33. The number of anilines is 1. The first-order valence-electron chi connectivity index (χ1n) is 8.83. The number of nitrogens with one attached hydrogen (secondary N) is 1. The minimum Gasteiger partial charge on any atom is -0.340 e. The van der Waals surface area contributed by atoms with Crippen LogP contribution in [0.4, 0.5) is 5.69 Å². The van der Waals surface area contributed by atoms with Crippen LogP contribution in [0.3, 0.4) is 0 Å². The van der Waals surface area contributed by atoms with Crippen molar-refractivity contribution < 1.29 is 9.59 Å². The number of allylic oxidation sites excluding steroid dienone is 2. The van der Waals surface area contributed by atoms with Crippen LogP contribution in [-0.2, 0) is 9.59 Å². The van der Waals surface area contributed by atoms with Gasteiger partial charge in [-0.3, -0.25) is 14.5 Å². The number of piperazine rings is 1. The molecule has 1 aliphatic heterocycles. The lowest BCUT2D eigenvalue weighted by Crippen LogP contribution is -2.50. The van der Waals surface area contributed by atoms with Gasteiger partial charge in [0.2, 0.25) is 11.8 Å². The molecular formula is C19H24ClN3O2. The van der Waals surface area contributed by atoms with Crippen LogP contribution < -0.4 is 5.32 Å². The van der Waals surface area contributed by atoms with E-state index in [1.165, 1.54) is 0 Å². The number of amides is 2. The molecule has 5 nitrogen and oxygen atoms in total. The van der Waals surface area contributed by atoms with Crippen LogP contribution in [0.25, 0.3) is 0 Å². The first-order chi connectivity index (χ1) is 12.1. The van der Waals surface area contributed by atoms with Crippen LogP contribution in [0.1, 0.15) is 19.3 Å². The van der Waals surface area contributed by atoms with Crippen LogP contribution in [-0.4, -0.2) is 54.3 Å². The second-order valence-corrected chi connectivity index (χ2v) is 7.06. The number of nitrogens with zero attached hydrogens (tertiary/aromatic N) is 2. The van der Waals surface area contributed by atoms with Crippen molar-refractivity contribution in [1.82, 2.24) is 9.80 Å². The van der Waals surface area contributed by atoms with Gasteiger partial charge < -0.3 is 10.2 Å². The summed E-state index contributed by atoms with van der Waals surface area (Å²) in [5.74, 6) is 0.563. The Kier molecular flexibility index (Phi) is 6.10. The Morgan fingerprint density at radius 3 is 2.60 bits per heavy atom. The van der Waals surface area contributed by atoms with Crippen molar-refractivity contribution in [2.75, 3.05) is 38.0 Å².